The normalized spacial score (nSPS) is 9.83. The van der Waals surface area contributed by atoms with E-state index in [2.05, 4.69) is 9.72 Å². The zero-order valence-corrected chi connectivity index (χ0v) is 10.00. The van der Waals surface area contributed by atoms with E-state index in [1.807, 2.05) is 36.4 Å². The molecule has 0 spiro atoms. The number of hydrogen-bond donors (Lipinski definition) is 0. The Balaban J connectivity index is 2.04. The second-order valence-electron chi connectivity index (χ2n) is 3.63. The highest BCUT2D eigenvalue weighted by molar-refractivity contribution is 5.71. The van der Waals surface area contributed by atoms with Crippen molar-refractivity contribution in [3.8, 4) is 16.9 Å². The molecule has 0 radical (unpaired) electrons. The fourth-order valence-electron chi connectivity index (χ4n) is 1.49. The van der Waals surface area contributed by atoms with Gasteiger partial charge in [-0.05, 0) is 35.4 Å². The van der Waals surface area contributed by atoms with Gasteiger partial charge in [-0.15, -0.1) is 0 Å². The number of ether oxygens (including phenoxy) is 2. The van der Waals surface area contributed by atoms with E-state index in [4.69, 9.17) is 4.74 Å². The van der Waals surface area contributed by atoms with Crippen LogP contribution in [0.2, 0.25) is 0 Å². The quantitative estimate of drug-likeness (QED) is 0.773. The number of hydrogen-bond acceptors (Lipinski definition) is 4. The summed E-state index contributed by atoms with van der Waals surface area (Å²) in [4.78, 5) is 14.9. The van der Waals surface area contributed by atoms with Gasteiger partial charge in [-0.3, -0.25) is 4.98 Å². The lowest BCUT2D eigenvalue weighted by Gasteiger charge is -2.06. The van der Waals surface area contributed by atoms with Gasteiger partial charge >= 0.3 is 5.97 Å². The average Bonchev–Trinajstić information content (AvgIpc) is 2.46. The number of methoxy groups -OCH3 is 1. The summed E-state index contributed by atoms with van der Waals surface area (Å²) in [5, 5.41) is 0. The van der Waals surface area contributed by atoms with Crippen LogP contribution in [-0.4, -0.2) is 24.7 Å². The van der Waals surface area contributed by atoms with Crippen LogP contribution in [0.15, 0.2) is 48.8 Å². The summed E-state index contributed by atoms with van der Waals surface area (Å²) in [6, 6.07) is 11.4. The first-order valence-corrected chi connectivity index (χ1v) is 5.49. The first-order valence-electron chi connectivity index (χ1n) is 5.49. The maximum atomic E-state index is 10.9. The largest absolute Gasteiger partial charge is 0.482 e. The Morgan fingerprint density at radius 2 is 1.67 bits per heavy atom. The minimum atomic E-state index is -0.395. The van der Waals surface area contributed by atoms with Gasteiger partial charge in [-0.2, -0.15) is 0 Å². The number of aromatic nitrogens is 1. The monoisotopic (exact) mass is 243 g/mol. The van der Waals surface area contributed by atoms with Crippen LogP contribution in [0.4, 0.5) is 0 Å². The molecule has 0 N–H and O–H groups in total. The van der Waals surface area contributed by atoms with Gasteiger partial charge in [0.05, 0.1) is 7.11 Å². The molecule has 0 aliphatic rings. The maximum Gasteiger partial charge on any atom is 0.343 e. The van der Waals surface area contributed by atoms with E-state index in [1.54, 1.807) is 12.4 Å². The highest BCUT2D eigenvalue weighted by atomic mass is 16.6. The Bertz CT molecular complexity index is 508. The number of nitrogens with zero attached hydrogens (tertiary/aromatic N) is 1. The zero-order valence-electron chi connectivity index (χ0n) is 10.00. The van der Waals surface area contributed by atoms with E-state index >= 15 is 0 Å². The van der Waals surface area contributed by atoms with Crippen LogP contribution in [-0.2, 0) is 9.53 Å². The first kappa shape index (κ1) is 12.1. The smallest absolute Gasteiger partial charge is 0.343 e. The molecule has 2 aromatic rings. The highest BCUT2D eigenvalue weighted by Crippen LogP contribution is 2.21. The summed E-state index contributed by atoms with van der Waals surface area (Å²) in [5.74, 6) is 0.242. The van der Waals surface area contributed by atoms with E-state index < -0.39 is 5.97 Å². The van der Waals surface area contributed by atoms with Gasteiger partial charge in [0.2, 0.25) is 0 Å². The molecular formula is C14H13NO3. The van der Waals surface area contributed by atoms with Crippen molar-refractivity contribution in [2.75, 3.05) is 13.7 Å². The molecule has 1 aromatic carbocycles. The van der Waals surface area contributed by atoms with Gasteiger partial charge in [0.15, 0.2) is 6.61 Å². The number of pyridine rings is 1. The molecule has 1 heterocycles. The predicted molar refractivity (Wildman–Crippen MR) is 67.2 cm³/mol. The van der Waals surface area contributed by atoms with Crippen molar-refractivity contribution >= 4 is 5.97 Å². The molecule has 2 rings (SSSR count). The topological polar surface area (TPSA) is 48.4 Å². The molecular weight excluding hydrogens is 230 g/mol. The molecule has 1 aromatic heterocycles. The lowest BCUT2D eigenvalue weighted by Crippen LogP contribution is -2.12. The van der Waals surface area contributed by atoms with E-state index in [0.29, 0.717) is 5.75 Å². The van der Waals surface area contributed by atoms with Crippen molar-refractivity contribution in [2.24, 2.45) is 0 Å². The Morgan fingerprint density at radius 3 is 2.28 bits per heavy atom. The third kappa shape index (κ3) is 3.07. The van der Waals surface area contributed by atoms with Crippen LogP contribution in [0.1, 0.15) is 0 Å². The third-order valence-corrected chi connectivity index (χ3v) is 2.45. The summed E-state index contributed by atoms with van der Waals surface area (Å²) < 4.78 is 9.76. The average molecular weight is 243 g/mol. The Hall–Kier alpha value is -2.36. The molecule has 0 unspecified atom stereocenters. The van der Waals surface area contributed by atoms with Gasteiger partial charge in [0.1, 0.15) is 5.75 Å². The van der Waals surface area contributed by atoms with Gasteiger partial charge < -0.3 is 9.47 Å². The lowest BCUT2D eigenvalue weighted by molar-refractivity contribution is -0.142. The Labute approximate surface area is 105 Å². The molecule has 0 amide bonds. The summed E-state index contributed by atoms with van der Waals surface area (Å²) in [7, 11) is 1.33. The van der Waals surface area contributed by atoms with Crippen LogP contribution in [0.25, 0.3) is 11.1 Å². The van der Waals surface area contributed by atoms with Crippen LogP contribution in [0.5, 0.6) is 5.75 Å². The van der Waals surface area contributed by atoms with Crippen LogP contribution >= 0.6 is 0 Å². The molecule has 0 saturated heterocycles. The molecule has 0 saturated carbocycles. The van der Waals surface area contributed by atoms with Gasteiger partial charge in [0, 0.05) is 12.4 Å². The van der Waals surface area contributed by atoms with Gasteiger partial charge in [0.25, 0.3) is 0 Å². The first-order chi connectivity index (χ1) is 8.79. The minimum absolute atomic E-state index is 0.0783. The maximum absolute atomic E-state index is 10.9. The predicted octanol–water partition coefficient (Wildman–Crippen LogP) is 2.30. The number of rotatable bonds is 4. The molecule has 0 atom stereocenters. The highest BCUT2D eigenvalue weighted by Gasteiger charge is 2.02. The summed E-state index contributed by atoms with van der Waals surface area (Å²) in [6.45, 7) is -0.0783. The molecule has 0 aliphatic heterocycles. The van der Waals surface area contributed by atoms with Gasteiger partial charge in [-0.25, -0.2) is 4.79 Å². The van der Waals surface area contributed by atoms with Crippen molar-refractivity contribution < 1.29 is 14.3 Å². The van der Waals surface area contributed by atoms with Crippen LogP contribution < -0.4 is 4.74 Å². The third-order valence-electron chi connectivity index (χ3n) is 2.45. The van der Waals surface area contributed by atoms with E-state index in [0.717, 1.165) is 11.1 Å². The minimum Gasteiger partial charge on any atom is -0.482 e. The van der Waals surface area contributed by atoms with Crippen molar-refractivity contribution in [3.63, 3.8) is 0 Å². The lowest BCUT2D eigenvalue weighted by atomic mass is 10.1. The number of benzene rings is 1. The number of carbonyl (C=O) groups excluding carboxylic acids is 1. The molecule has 4 heteroatoms. The SMILES string of the molecule is COC(=O)COc1ccc(-c2ccncc2)cc1. The number of esters is 1. The van der Waals surface area contributed by atoms with Gasteiger partial charge in [-0.1, -0.05) is 12.1 Å². The summed E-state index contributed by atoms with van der Waals surface area (Å²) in [6.07, 6.45) is 3.49. The van der Waals surface area contributed by atoms with Crippen molar-refractivity contribution in [2.45, 2.75) is 0 Å². The molecule has 0 bridgehead atoms. The van der Waals surface area contributed by atoms with Crippen molar-refractivity contribution in [1.82, 2.24) is 4.98 Å². The molecule has 18 heavy (non-hydrogen) atoms. The second-order valence-corrected chi connectivity index (χ2v) is 3.63. The fraction of sp³-hybridized carbons (Fsp3) is 0.143. The molecule has 4 nitrogen and oxygen atoms in total. The Kier molecular flexibility index (Phi) is 3.91. The molecule has 0 aliphatic carbocycles. The molecule has 0 fully saturated rings. The van der Waals surface area contributed by atoms with Crippen LogP contribution in [0.3, 0.4) is 0 Å². The standard InChI is InChI=1S/C14H13NO3/c1-17-14(16)10-18-13-4-2-11(3-5-13)12-6-8-15-9-7-12/h2-9H,10H2,1H3. The van der Waals surface area contributed by atoms with E-state index in [-0.39, 0.29) is 6.61 Å². The van der Waals surface area contributed by atoms with E-state index in [9.17, 15) is 4.79 Å². The number of carbonyl (C=O) groups is 1. The second kappa shape index (κ2) is 5.82. The van der Waals surface area contributed by atoms with Crippen molar-refractivity contribution in [1.29, 1.82) is 0 Å². The Morgan fingerprint density at radius 1 is 1.06 bits per heavy atom. The van der Waals surface area contributed by atoms with E-state index in [1.165, 1.54) is 7.11 Å². The van der Waals surface area contributed by atoms with Crippen LogP contribution in [0, 0.1) is 0 Å². The zero-order chi connectivity index (χ0) is 12.8. The summed E-state index contributed by atoms with van der Waals surface area (Å²) in [5.41, 5.74) is 2.16. The summed E-state index contributed by atoms with van der Waals surface area (Å²) >= 11 is 0. The fourth-order valence-corrected chi connectivity index (χ4v) is 1.49. The molecule has 92 valence electrons. The van der Waals surface area contributed by atoms with Crippen molar-refractivity contribution in [3.05, 3.63) is 48.8 Å².